The number of aromatic nitrogens is 4. The molecule has 0 saturated heterocycles. The fraction of sp³-hybridized carbons (Fsp3) is 0.286. The minimum atomic E-state index is -0.285. The highest BCUT2D eigenvalue weighted by atomic mass is 32.1. The number of hydrogen-bond donors (Lipinski definition) is 0. The molecule has 0 bridgehead atoms. The second-order valence-corrected chi connectivity index (χ2v) is 8.53. The molecule has 1 aromatic carbocycles. The predicted molar refractivity (Wildman–Crippen MR) is 110 cm³/mol. The van der Waals surface area contributed by atoms with Crippen LogP contribution in [0, 0.1) is 0 Å². The van der Waals surface area contributed by atoms with Crippen molar-refractivity contribution in [1.82, 2.24) is 19.6 Å². The maximum absolute atomic E-state index is 13.2. The fourth-order valence-electron chi connectivity index (χ4n) is 3.20. The predicted octanol–water partition coefficient (Wildman–Crippen LogP) is 4.32. The second kappa shape index (κ2) is 6.78. The highest BCUT2D eigenvalue weighted by Gasteiger charge is 2.23. The van der Waals surface area contributed by atoms with Crippen LogP contribution in [0.1, 0.15) is 26.3 Å². The van der Waals surface area contributed by atoms with Gasteiger partial charge in [0.1, 0.15) is 11.2 Å². The SMILES string of the molecule is CC(C)(C)n1ncc2c(-c3cccs3)nn(CCc3ccccc3)c(=O)c21. The molecule has 0 amide bonds. The summed E-state index contributed by atoms with van der Waals surface area (Å²) in [7, 11) is 0. The summed E-state index contributed by atoms with van der Waals surface area (Å²) in [5.74, 6) is 0. The summed E-state index contributed by atoms with van der Waals surface area (Å²) in [6.45, 7) is 6.70. The Morgan fingerprint density at radius 3 is 2.52 bits per heavy atom. The maximum atomic E-state index is 13.2. The van der Waals surface area contributed by atoms with E-state index in [2.05, 4.69) is 38.0 Å². The molecule has 3 heterocycles. The lowest BCUT2D eigenvalue weighted by Crippen LogP contribution is -2.31. The van der Waals surface area contributed by atoms with Gasteiger partial charge in [0.2, 0.25) is 0 Å². The molecule has 0 N–H and O–H groups in total. The molecule has 3 aromatic heterocycles. The van der Waals surface area contributed by atoms with Gasteiger partial charge in [-0.1, -0.05) is 36.4 Å². The molecule has 0 fully saturated rings. The lowest BCUT2D eigenvalue weighted by atomic mass is 10.1. The number of rotatable bonds is 4. The molecule has 138 valence electrons. The molecule has 0 radical (unpaired) electrons. The Labute approximate surface area is 161 Å². The van der Waals surface area contributed by atoms with Gasteiger partial charge in [0, 0.05) is 6.54 Å². The van der Waals surface area contributed by atoms with Gasteiger partial charge in [-0.05, 0) is 44.2 Å². The van der Waals surface area contributed by atoms with Gasteiger partial charge in [-0.2, -0.15) is 10.2 Å². The van der Waals surface area contributed by atoms with Crippen LogP contribution in [0.25, 0.3) is 21.5 Å². The van der Waals surface area contributed by atoms with Crippen molar-refractivity contribution in [3.8, 4) is 10.6 Å². The highest BCUT2D eigenvalue weighted by Crippen LogP contribution is 2.30. The van der Waals surface area contributed by atoms with Gasteiger partial charge in [-0.15, -0.1) is 11.3 Å². The van der Waals surface area contributed by atoms with Crippen LogP contribution in [-0.4, -0.2) is 19.6 Å². The third-order valence-electron chi connectivity index (χ3n) is 4.53. The van der Waals surface area contributed by atoms with Gasteiger partial charge >= 0.3 is 0 Å². The van der Waals surface area contributed by atoms with E-state index in [-0.39, 0.29) is 11.1 Å². The van der Waals surface area contributed by atoms with E-state index in [1.807, 2.05) is 40.4 Å². The summed E-state index contributed by atoms with van der Waals surface area (Å²) in [6.07, 6.45) is 2.53. The van der Waals surface area contributed by atoms with Crippen LogP contribution in [0.2, 0.25) is 0 Å². The second-order valence-electron chi connectivity index (χ2n) is 7.58. The van der Waals surface area contributed by atoms with Crippen molar-refractivity contribution < 1.29 is 0 Å². The van der Waals surface area contributed by atoms with Crippen molar-refractivity contribution in [1.29, 1.82) is 0 Å². The summed E-state index contributed by atoms with van der Waals surface area (Å²) >= 11 is 1.62. The largest absolute Gasteiger partial charge is 0.292 e. The van der Waals surface area contributed by atoms with E-state index in [1.165, 1.54) is 5.56 Å². The van der Waals surface area contributed by atoms with E-state index in [0.717, 1.165) is 22.4 Å². The third-order valence-corrected chi connectivity index (χ3v) is 5.40. The molecule has 4 aromatic rings. The van der Waals surface area contributed by atoms with Crippen molar-refractivity contribution in [2.75, 3.05) is 0 Å². The van der Waals surface area contributed by atoms with Gasteiger partial charge in [0.15, 0.2) is 0 Å². The molecule has 0 aliphatic heterocycles. The van der Waals surface area contributed by atoms with E-state index in [1.54, 1.807) is 22.2 Å². The number of nitrogens with zero attached hydrogens (tertiary/aromatic N) is 4. The number of hydrogen-bond acceptors (Lipinski definition) is 4. The molecule has 0 saturated carbocycles. The molecule has 0 unspecified atom stereocenters. The molecule has 0 spiro atoms. The first kappa shape index (κ1) is 17.7. The van der Waals surface area contributed by atoms with Crippen LogP contribution < -0.4 is 5.56 Å². The molecule has 4 rings (SSSR count). The molecule has 0 aliphatic carbocycles. The van der Waals surface area contributed by atoms with Crippen molar-refractivity contribution in [3.63, 3.8) is 0 Å². The lowest BCUT2D eigenvalue weighted by Gasteiger charge is -2.20. The lowest BCUT2D eigenvalue weighted by molar-refractivity contribution is 0.366. The summed E-state index contributed by atoms with van der Waals surface area (Å²) < 4.78 is 3.41. The summed E-state index contributed by atoms with van der Waals surface area (Å²) in [4.78, 5) is 14.3. The Balaban J connectivity index is 1.88. The van der Waals surface area contributed by atoms with Gasteiger partial charge in [0.05, 0.1) is 22.0 Å². The smallest absolute Gasteiger partial charge is 0.265 e. The standard InChI is InChI=1S/C21H22N4OS/c1-21(2,3)25-19-16(14-22-25)18(17-10-7-13-27-17)23-24(20(19)26)12-11-15-8-5-4-6-9-15/h4-10,13-14H,11-12H2,1-3H3. The first-order valence-corrected chi connectivity index (χ1v) is 9.90. The Morgan fingerprint density at radius 1 is 1.07 bits per heavy atom. The molecule has 0 aliphatic rings. The van der Waals surface area contributed by atoms with Crippen molar-refractivity contribution in [2.45, 2.75) is 39.3 Å². The Hall–Kier alpha value is -2.73. The normalized spacial score (nSPS) is 12.0. The zero-order chi connectivity index (χ0) is 19.0. The van der Waals surface area contributed by atoms with Crippen LogP contribution in [0.5, 0.6) is 0 Å². The van der Waals surface area contributed by atoms with Crippen molar-refractivity contribution in [3.05, 3.63) is 70.0 Å². The van der Waals surface area contributed by atoms with Crippen LogP contribution in [-0.2, 0) is 18.5 Å². The molecule has 27 heavy (non-hydrogen) atoms. The van der Waals surface area contributed by atoms with Crippen LogP contribution in [0.15, 0.2) is 58.8 Å². The topological polar surface area (TPSA) is 52.7 Å². The van der Waals surface area contributed by atoms with Crippen LogP contribution in [0.3, 0.4) is 0 Å². The highest BCUT2D eigenvalue weighted by molar-refractivity contribution is 7.13. The summed E-state index contributed by atoms with van der Waals surface area (Å²) in [6, 6.07) is 14.2. The molecule has 6 heteroatoms. The maximum Gasteiger partial charge on any atom is 0.292 e. The van der Waals surface area contributed by atoms with Crippen molar-refractivity contribution >= 4 is 22.2 Å². The number of fused-ring (bicyclic) bond motifs is 1. The van der Waals surface area contributed by atoms with E-state index in [0.29, 0.717) is 12.1 Å². The first-order valence-electron chi connectivity index (χ1n) is 9.02. The minimum absolute atomic E-state index is 0.0892. The Morgan fingerprint density at radius 2 is 1.85 bits per heavy atom. The molecule has 0 atom stereocenters. The van der Waals surface area contributed by atoms with Crippen molar-refractivity contribution in [2.24, 2.45) is 0 Å². The van der Waals surface area contributed by atoms with Crippen LogP contribution in [0.4, 0.5) is 0 Å². The number of thiophene rings is 1. The van der Waals surface area contributed by atoms with E-state index >= 15 is 0 Å². The minimum Gasteiger partial charge on any atom is -0.265 e. The monoisotopic (exact) mass is 378 g/mol. The first-order chi connectivity index (χ1) is 12.9. The zero-order valence-electron chi connectivity index (χ0n) is 15.7. The van der Waals surface area contributed by atoms with Crippen LogP contribution >= 0.6 is 11.3 Å². The molecular formula is C21H22N4OS. The van der Waals surface area contributed by atoms with Gasteiger partial charge in [0.25, 0.3) is 5.56 Å². The van der Waals surface area contributed by atoms with Gasteiger partial charge in [-0.3, -0.25) is 9.48 Å². The summed E-state index contributed by atoms with van der Waals surface area (Å²) in [5.41, 5.74) is 2.26. The van der Waals surface area contributed by atoms with Gasteiger partial charge < -0.3 is 0 Å². The summed E-state index contributed by atoms with van der Waals surface area (Å²) in [5, 5.41) is 12.1. The zero-order valence-corrected chi connectivity index (χ0v) is 16.5. The quantitative estimate of drug-likeness (QED) is 0.531. The third kappa shape index (κ3) is 3.32. The molecular weight excluding hydrogens is 356 g/mol. The van der Waals surface area contributed by atoms with E-state index in [9.17, 15) is 4.79 Å². The average Bonchev–Trinajstić information content (AvgIpc) is 3.32. The molecule has 5 nitrogen and oxygen atoms in total. The average molecular weight is 379 g/mol. The fourth-order valence-corrected chi connectivity index (χ4v) is 3.93. The Bertz CT molecular complexity index is 1120. The Kier molecular flexibility index (Phi) is 4.44. The van der Waals surface area contributed by atoms with E-state index < -0.39 is 0 Å². The van der Waals surface area contributed by atoms with E-state index in [4.69, 9.17) is 5.10 Å². The van der Waals surface area contributed by atoms with Gasteiger partial charge in [-0.25, -0.2) is 4.68 Å². The number of aryl methyl sites for hydroxylation is 2. The number of benzene rings is 1.